The van der Waals surface area contributed by atoms with E-state index in [1.807, 2.05) is 0 Å². The number of carbonyl (C=O) groups is 3. The molecule has 34 heavy (non-hydrogen) atoms. The van der Waals surface area contributed by atoms with Gasteiger partial charge >= 0.3 is 5.97 Å². The number of likely N-dealkylation sites (tertiary alicyclic amines) is 1. The van der Waals surface area contributed by atoms with Crippen LogP contribution in [0.15, 0.2) is 11.6 Å². The number of rotatable bonds is 8. The highest BCUT2D eigenvalue weighted by Gasteiger charge is 2.30. The summed E-state index contributed by atoms with van der Waals surface area (Å²) in [6, 6.07) is 0.147. The lowest BCUT2D eigenvalue weighted by Crippen LogP contribution is -2.53. The molecule has 1 atom stereocenters. The van der Waals surface area contributed by atoms with Gasteiger partial charge in [-0.1, -0.05) is 64.9 Å². The van der Waals surface area contributed by atoms with Crippen LogP contribution in [-0.2, 0) is 19.1 Å². The van der Waals surface area contributed by atoms with Crippen LogP contribution in [0, 0.1) is 0 Å². The van der Waals surface area contributed by atoms with Gasteiger partial charge in [0.25, 0.3) is 0 Å². The molecule has 198 valence electrons. The predicted molar refractivity (Wildman–Crippen MR) is 140 cm³/mol. The average Bonchev–Trinajstić information content (AvgIpc) is 3.41. The second kappa shape index (κ2) is 19.4. The first-order chi connectivity index (χ1) is 16.2. The van der Waals surface area contributed by atoms with E-state index in [9.17, 15) is 14.4 Å². The molecule has 7 heteroatoms. The lowest BCUT2D eigenvalue weighted by molar-refractivity contribution is -0.138. The van der Waals surface area contributed by atoms with Crippen LogP contribution in [0.5, 0.6) is 0 Å². The molecule has 0 spiro atoms. The Bertz CT molecular complexity index is 607. The molecule has 1 N–H and O–H groups in total. The largest absolute Gasteiger partial charge is 0.463 e. The van der Waals surface area contributed by atoms with Crippen molar-refractivity contribution in [1.82, 2.24) is 15.1 Å². The van der Waals surface area contributed by atoms with E-state index >= 15 is 0 Å². The molecule has 0 aromatic rings. The monoisotopic (exact) mass is 481 g/mol. The van der Waals surface area contributed by atoms with Gasteiger partial charge in [-0.3, -0.25) is 14.5 Å². The fourth-order valence-corrected chi connectivity index (χ4v) is 3.86. The first kappa shape index (κ1) is 32.1. The number of nitrogens with zero attached hydrogens (tertiary/aromatic N) is 2. The maximum absolute atomic E-state index is 12.5. The van der Waals surface area contributed by atoms with Gasteiger partial charge in [-0.15, -0.1) is 0 Å². The lowest BCUT2D eigenvalue weighted by atomic mass is 9.99. The molecule has 2 rings (SSSR count). The fourth-order valence-electron chi connectivity index (χ4n) is 3.86. The molecule has 0 aromatic heterocycles. The van der Waals surface area contributed by atoms with Gasteiger partial charge in [0.1, 0.15) is 0 Å². The van der Waals surface area contributed by atoms with Gasteiger partial charge in [0.15, 0.2) is 0 Å². The van der Waals surface area contributed by atoms with Crippen LogP contribution in [0.2, 0.25) is 0 Å². The molecule has 1 unspecified atom stereocenters. The summed E-state index contributed by atoms with van der Waals surface area (Å²) in [4.78, 5) is 39.9. The third kappa shape index (κ3) is 13.7. The molecule has 1 aliphatic carbocycles. The first-order valence-corrected chi connectivity index (χ1v) is 13.3. The standard InChI is InChI=1S/C19H33N3O4.C5H10.C3H8/c1-6-26-19(25)15(4)10-12-21(5)17(23)13-20-18(24)16-9-7-8-11-22(16)14(2)3;1-2-4-5-3-1;1-3-2/h10,14,16H,6-9,11-13H2,1-5H3,(H,20,24);1-5H2;3H2,1-2H3/b15-10+;;. The summed E-state index contributed by atoms with van der Waals surface area (Å²) in [7, 11) is 1.64. The highest BCUT2D eigenvalue weighted by molar-refractivity contribution is 5.89. The molecular formula is C27H51N3O4. The molecule has 1 heterocycles. The van der Waals surface area contributed by atoms with Crippen LogP contribution < -0.4 is 5.32 Å². The van der Waals surface area contributed by atoms with Crippen molar-refractivity contribution in [2.75, 3.05) is 33.3 Å². The Morgan fingerprint density at radius 3 is 2.09 bits per heavy atom. The van der Waals surface area contributed by atoms with Crippen LogP contribution in [0.1, 0.15) is 99.3 Å². The van der Waals surface area contributed by atoms with Crippen molar-refractivity contribution in [2.45, 2.75) is 111 Å². The van der Waals surface area contributed by atoms with Gasteiger partial charge in [-0.25, -0.2) is 4.79 Å². The minimum atomic E-state index is -0.382. The van der Waals surface area contributed by atoms with Crippen LogP contribution in [0.25, 0.3) is 0 Å². The summed E-state index contributed by atoms with van der Waals surface area (Å²) in [5, 5.41) is 2.76. The van der Waals surface area contributed by atoms with Crippen LogP contribution in [0.4, 0.5) is 0 Å². The number of nitrogens with one attached hydrogen (secondary N) is 1. The zero-order chi connectivity index (χ0) is 25.9. The molecule has 1 aliphatic heterocycles. The Morgan fingerprint density at radius 2 is 1.59 bits per heavy atom. The van der Waals surface area contributed by atoms with E-state index in [4.69, 9.17) is 4.74 Å². The number of amides is 2. The third-order valence-corrected chi connectivity index (χ3v) is 5.87. The second-order valence-electron chi connectivity index (χ2n) is 9.42. The maximum atomic E-state index is 12.5. The molecule has 2 amide bonds. The summed E-state index contributed by atoms with van der Waals surface area (Å²) < 4.78 is 4.90. The van der Waals surface area contributed by atoms with Crippen molar-refractivity contribution in [1.29, 1.82) is 0 Å². The molecular weight excluding hydrogens is 430 g/mol. The van der Waals surface area contributed by atoms with Crippen molar-refractivity contribution in [3.05, 3.63) is 11.6 Å². The first-order valence-electron chi connectivity index (χ1n) is 13.3. The van der Waals surface area contributed by atoms with Gasteiger partial charge < -0.3 is 15.0 Å². The number of esters is 1. The maximum Gasteiger partial charge on any atom is 0.333 e. The molecule has 2 aliphatic rings. The molecule has 0 aromatic carbocycles. The van der Waals surface area contributed by atoms with E-state index in [1.54, 1.807) is 27.0 Å². The van der Waals surface area contributed by atoms with E-state index in [-0.39, 0.29) is 30.4 Å². The van der Waals surface area contributed by atoms with E-state index < -0.39 is 0 Å². The molecule has 2 fully saturated rings. The normalized spacial score (nSPS) is 18.2. The summed E-state index contributed by atoms with van der Waals surface area (Å²) in [5.41, 5.74) is 0.463. The Balaban J connectivity index is 0.00000115. The number of hydrogen-bond acceptors (Lipinski definition) is 5. The van der Waals surface area contributed by atoms with E-state index in [0.717, 1.165) is 25.8 Å². The number of carbonyl (C=O) groups excluding carboxylic acids is 3. The Morgan fingerprint density at radius 1 is 1.03 bits per heavy atom. The lowest BCUT2D eigenvalue weighted by Gasteiger charge is -2.37. The number of hydrogen-bond donors (Lipinski definition) is 1. The van der Waals surface area contributed by atoms with Gasteiger partial charge in [0.05, 0.1) is 19.2 Å². The Hall–Kier alpha value is -1.89. The highest BCUT2D eigenvalue weighted by atomic mass is 16.5. The van der Waals surface area contributed by atoms with Crippen LogP contribution in [-0.4, -0.2) is 73.0 Å². The summed E-state index contributed by atoms with van der Waals surface area (Å²) in [6.07, 6.45) is 13.4. The number of ether oxygens (including phenoxy) is 1. The zero-order valence-corrected chi connectivity index (χ0v) is 23.0. The smallest absolute Gasteiger partial charge is 0.333 e. The van der Waals surface area contributed by atoms with Gasteiger partial charge in [-0.05, 0) is 47.1 Å². The highest BCUT2D eigenvalue weighted by Crippen LogP contribution is 2.19. The predicted octanol–water partition coefficient (Wildman–Crippen LogP) is 4.70. The molecule has 7 nitrogen and oxygen atoms in total. The summed E-state index contributed by atoms with van der Waals surface area (Å²) in [6.45, 7) is 13.3. The van der Waals surface area contributed by atoms with E-state index in [0.29, 0.717) is 24.8 Å². The van der Waals surface area contributed by atoms with Crippen LogP contribution in [0.3, 0.4) is 0 Å². The quantitative estimate of drug-likeness (QED) is 0.402. The van der Waals surface area contributed by atoms with Crippen LogP contribution >= 0.6 is 0 Å². The van der Waals surface area contributed by atoms with Crippen molar-refractivity contribution in [3.8, 4) is 0 Å². The summed E-state index contributed by atoms with van der Waals surface area (Å²) in [5.74, 6) is -0.663. The Kier molecular flexibility index (Phi) is 18.3. The van der Waals surface area contributed by atoms with Gasteiger partial charge in [0.2, 0.25) is 11.8 Å². The topological polar surface area (TPSA) is 79.0 Å². The number of piperidine rings is 1. The molecule has 0 radical (unpaired) electrons. The van der Waals surface area contributed by atoms with E-state index in [2.05, 4.69) is 37.9 Å². The molecule has 1 saturated carbocycles. The molecule has 1 saturated heterocycles. The second-order valence-corrected chi connectivity index (χ2v) is 9.42. The summed E-state index contributed by atoms with van der Waals surface area (Å²) >= 11 is 0. The number of likely N-dealkylation sites (N-methyl/N-ethyl adjacent to an activating group) is 1. The molecule has 0 bridgehead atoms. The Labute approximate surface area is 208 Å². The zero-order valence-electron chi connectivity index (χ0n) is 23.0. The third-order valence-electron chi connectivity index (χ3n) is 5.87. The van der Waals surface area contributed by atoms with E-state index in [1.165, 1.54) is 43.4 Å². The van der Waals surface area contributed by atoms with Crippen molar-refractivity contribution < 1.29 is 19.1 Å². The van der Waals surface area contributed by atoms with Gasteiger partial charge in [-0.2, -0.15) is 0 Å². The van der Waals surface area contributed by atoms with Crippen molar-refractivity contribution in [3.63, 3.8) is 0 Å². The van der Waals surface area contributed by atoms with Crippen molar-refractivity contribution >= 4 is 17.8 Å². The SMILES string of the molecule is C1CCCC1.CCC.CCOC(=O)/C(C)=C/CN(C)C(=O)CNC(=O)C1CCCCN1C(C)C. The minimum Gasteiger partial charge on any atom is -0.463 e. The fraction of sp³-hybridized carbons (Fsp3) is 0.815. The minimum absolute atomic E-state index is 0.0376. The van der Waals surface area contributed by atoms with Gasteiger partial charge in [0, 0.05) is 25.2 Å². The average molecular weight is 482 g/mol. The van der Waals surface area contributed by atoms with Crippen molar-refractivity contribution in [2.24, 2.45) is 0 Å².